The number of nitrogens with one attached hydrogen (secondary N) is 1. The molecule has 2 heterocycles. The predicted molar refractivity (Wildman–Crippen MR) is 98.3 cm³/mol. The molecule has 1 aliphatic heterocycles. The van der Waals surface area contributed by atoms with E-state index in [0.717, 1.165) is 23.5 Å². The van der Waals surface area contributed by atoms with Crippen molar-refractivity contribution in [1.82, 2.24) is 14.9 Å². The van der Waals surface area contributed by atoms with Crippen molar-refractivity contribution >= 4 is 5.97 Å². The lowest BCUT2D eigenvalue weighted by Gasteiger charge is -2.23. The Morgan fingerprint density at radius 3 is 2.50 bits per heavy atom. The molecule has 3 aromatic rings. The maximum atomic E-state index is 12.4. The minimum absolute atomic E-state index is 0.225. The van der Waals surface area contributed by atoms with Gasteiger partial charge in [-0.2, -0.15) is 0 Å². The number of carbonyl (C=O) groups excluding carboxylic acids is 1. The minimum atomic E-state index is -0.341. The molecule has 0 saturated heterocycles. The highest BCUT2D eigenvalue weighted by molar-refractivity contribution is 5.76. The fourth-order valence-corrected chi connectivity index (χ4v) is 3.22. The van der Waals surface area contributed by atoms with Gasteiger partial charge in [-0.25, -0.2) is 4.98 Å². The summed E-state index contributed by atoms with van der Waals surface area (Å²) >= 11 is 0. The first kappa shape index (κ1) is 16.5. The molecule has 1 aliphatic rings. The number of esters is 1. The van der Waals surface area contributed by atoms with Crippen LogP contribution in [0.2, 0.25) is 0 Å². The summed E-state index contributed by atoms with van der Waals surface area (Å²) in [5, 5.41) is 3.29. The first-order valence-electron chi connectivity index (χ1n) is 8.80. The molecule has 0 bridgehead atoms. The van der Waals surface area contributed by atoms with Crippen LogP contribution >= 0.6 is 0 Å². The molecule has 26 heavy (non-hydrogen) atoms. The van der Waals surface area contributed by atoms with Crippen LogP contribution < -0.4 is 5.32 Å². The van der Waals surface area contributed by atoms with Crippen molar-refractivity contribution in [3.63, 3.8) is 0 Å². The van der Waals surface area contributed by atoms with Gasteiger partial charge < -0.3 is 9.30 Å². The van der Waals surface area contributed by atoms with Crippen LogP contribution in [0.5, 0.6) is 0 Å². The van der Waals surface area contributed by atoms with E-state index in [1.165, 1.54) is 5.56 Å². The maximum Gasteiger partial charge on any atom is 0.323 e. The summed E-state index contributed by atoms with van der Waals surface area (Å²) < 4.78 is 7.59. The van der Waals surface area contributed by atoms with Gasteiger partial charge in [-0.3, -0.25) is 10.1 Å². The van der Waals surface area contributed by atoms with E-state index in [4.69, 9.17) is 4.74 Å². The van der Waals surface area contributed by atoms with Gasteiger partial charge >= 0.3 is 5.97 Å². The van der Waals surface area contributed by atoms with Gasteiger partial charge in [0, 0.05) is 19.5 Å². The number of nitrogens with zero attached hydrogens (tertiary/aromatic N) is 2. The van der Waals surface area contributed by atoms with Crippen LogP contribution in [0.4, 0.5) is 0 Å². The molecule has 0 radical (unpaired) electrons. The topological polar surface area (TPSA) is 56.1 Å². The second kappa shape index (κ2) is 7.54. The normalized spacial score (nSPS) is 16.1. The number of hydrogen-bond donors (Lipinski definition) is 1. The molecule has 0 saturated carbocycles. The molecule has 1 atom stereocenters. The van der Waals surface area contributed by atoms with Crippen molar-refractivity contribution in [3.8, 4) is 0 Å². The van der Waals surface area contributed by atoms with Gasteiger partial charge in [-0.15, -0.1) is 0 Å². The molecule has 1 N–H and O–H groups in total. The largest absolute Gasteiger partial charge is 0.460 e. The minimum Gasteiger partial charge on any atom is -0.460 e. The van der Waals surface area contributed by atoms with Crippen molar-refractivity contribution < 1.29 is 9.53 Å². The monoisotopic (exact) mass is 347 g/mol. The molecule has 1 aromatic heterocycles. The molecule has 0 unspecified atom stereocenters. The molecule has 2 aromatic carbocycles. The molecule has 0 aliphatic carbocycles. The Morgan fingerprint density at radius 1 is 1.08 bits per heavy atom. The Morgan fingerprint density at radius 2 is 1.77 bits per heavy atom. The highest BCUT2D eigenvalue weighted by atomic mass is 16.5. The molecule has 5 heteroatoms. The van der Waals surface area contributed by atoms with Crippen molar-refractivity contribution in [2.75, 3.05) is 0 Å². The maximum absolute atomic E-state index is 12.4. The summed E-state index contributed by atoms with van der Waals surface area (Å²) in [7, 11) is 0. The summed E-state index contributed by atoms with van der Waals surface area (Å²) in [4.78, 5) is 16.9. The van der Waals surface area contributed by atoms with Crippen LogP contribution in [-0.4, -0.2) is 21.6 Å². The zero-order chi connectivity index (χ0) is 17.8. The van der Waals surface area contributed by atoms with E-state index in [1.807, 2.05) is 54.9 Å². The van der Waals surface area contributed by atoms with Crippen LogP contribution in [0, 0.1) is 0 Å². The fraction of sp³-hybridized carbons (Fsp3) is 0.238. The molecular weight excluding hydrogens is 326 g/mol. The average molecular weight is 347 g/mol. The van der Waals surface area contributed by atoms with Crippen molar-refractivity contribution in [2.24, 2.45) is 0 Å². The SMILES string of the molecule is O=C(OCc1ccccc1)[C@@H]1Cc2ncn(Cc3ccccc3)c2CN1. The smallest absolute Gasteiger partial charge is 0.323 e. The number of benzene rings is 2. The van der Waals surface area contributed by atoms with Crippen LogP contribution in [0.1, 0.15) is 22.5 Å². The molecule has 4 rings (SSSR count). The van der Waals surface area contributed by atoms with Crippen molar-refractivity contribution in [2.45, 2.75) is 32.2 Å². The van der Waals surface area contributed by atoms with Gasteiger partial charge in [0.2, 0.25) is 0 Å². The van der Waals surface area contributed by atoms with Crippen LogP contribution in [-0.2, 0) is 35.6 Å². The summed E-state index contributed by atoms with van der Waals surface area (Å²) in [6, 6.07) is 19.7. The standard InChI is InChI=1S/C21H21N3O2/c25-21(26-14-17-9-5-2-6-10-17)19-11-18-20(12-22-19)24(15-23-18)13-16-7-3-1-4-8-16/h1-10,15,19,22H,11-14H2/t19-/m0/s1. The predicted octanol–water partition coefficient (Wildman–Crippen LogP) is 2.69. The van der Waals surface area contributed by atoms with E-state index in [9.17, 15) is 4.79 Å². The molecular formula is C21H21N3O2. The van der Waals surface area contributed by atoms with Gasteiger partial charge in [0.15, 0.2) is 0 Å². The summed E-state index contributed by atoms with van der Waals surface area (Å²) in [5.74, 6) is -0.225. The van der Waals surface area contributed by atoms with Gasteiger partial charge in [-0.05, 0) is 11.1 Å². The Kier molecular flexibility index (Phi) is 4.80. The summed E-state index contributed by atoms with van der Waals surface area (Å²) in [6.07, 6.45) is 2.42. The molecule has 5 nitrogen and oxygen atoms in total. The number of imidazole rings is 1. The third-order valence-electron chi connectivity index (χ3n) is 4.65. The van der Waals surface area contributed by atoms with Crippen LogP contribution in [0.25, 0.3) is 0 Å². The van der Waals surface area contributed by atoms with E-state index >= 15 is 0 Å². The highest BCUT2D eigenvalue weighted by Gasteiger charge is 2.28. The Bertz CT molecular complexity index is 875. The number of carbonyl (C=O) groups is 1. The second-order valence-corrected chi connectivity index (χ2v) is 6.48. The fourth-order valence-electron chi connectivity index (χ4n) is 3.22. The first-order valence-corrected chi connectivity index (χ1v) is 8.80. The number of hydrogen-bond acceptors (Lipinski definition) is 4. The van der Waals surface area contributed by atoms with Gasteiger partial charge in [0.25, 0.3) is 0 Å². The number of fused-ring (bicyclic) bond motifs is 1. The summed E-state index contributed by atoms with van der Waals surface area (Å²) in [6.45, 7) is 1.70. The van der Waals surface area contributed by atoms with Crippen LogP contribution in [0.3, 0.4) is 0 Å². The lowest BCUT2D eigenvalue weighted by Crippen LogP contribution is -2.43. The van der Waals surface area contributed by atoms with Gasteiger partial charge in [0.05, 0.1) is 17.7 Å². The zero-order valence-corrected chi connectivity index (χ0v) is 14.5. The average Bonchev–Trinajstić information content (AvgIpc) is 3.10. The Labute approximate surface area is 152 Å². The Balaban J connectivity index is 1.38. The highest BCUT2D eigenvalue weighted by Crippen LogP contribution is 2.18. The van der Waals surface area contributed by atoms with Gasteiger partial charge in [-0.1, -0.05) is 60.7 Å². The Hall–Kier alpha value is -2.92. The van der Waals surface area contributed by atoms with E-state index < -0.39 is 0 Å². The van der Waals surface area contributed by atoms with Gasteiger partial charge in [0.1, 0.15) is 12.6 Å². The number of aromatic nitrogens is 2. The third kappa shape index (κ3) is 3.68. The lowest BCUT2D eigenvalue weighted by molar-refractivity contribution is -0.147. The first-order chi connectivity index (χ1) is 12.8. The molecule has 0 fully saturated rings. The van der Waals surface area contributed by atoms with E-state index in [0.29, 0.717) is 19.6 Å². The summed E-state index contributed by atoms with van der Waals surface area (Å²) in [5.41, 5.74) is 4.34. The van der Waals surface area contributed by atoms with E-state index in [-0.39, 0.29) is 12.0 Å². The number of rotatable bonds is 5. The van der Waals surface area contributed by atoms with E-state index in [1.54, 1.807) is 0 Å². The second-order valence-electron chi connectivity index (χ2n) is 6.48. The van der Waals surface area contributed by atoms with Crippen LogP contribution in [0.15, 0.2) is 67.0 Å². The number of ether oxygens (including phenoxy) is 1. The quantitative estimate of drug-likeness (QED) is 0.721. The molecule has 0 spiro atoms. The molecule has 132 valence electrons. The van der Waals surface area contributed by atoms with E-state index in [2.05, 4.69) is 27.0 Å². The zero-order valence-electron chi connectivity index (χ0n) is 14.5. The van der Waals surface area contributed by atoms with Crippen molar-refractivity contribution in [3.05, 3.63) is 89.5 Å². The van der Waals surface area contributed by atoms with Crippen molar-refractivity contribution in [1.29, 1.82) is 0 Å². The third-order valence-corrected chi connectivity index (χ3v) is 4.65. The lowest BCUT2D eigenvalue weighted by atomic mass is 10.1. The molecule has 0 amide bonds.